The first kappa shape index (κ1) is 13.3. The summed E-state index contributed by atoms with van der Waals surface area (Å²) in [6, 6.07) is 0.740. The van der Waals surface area contributed by atoms with Crippen molar-refractivity contribution in [1.29, 1.82) is 0 Å². The van der Waals surface area contributed by atoms with Gasteiger partial charge in [-0.1, -0.05) is 6.92 Å². The highest BCUT2D eigenvalue weighted by Crippen LogP contribution is 2.26. The third kappa shape index (κ3) is 3.67. The van der Waals surface area contributed by atoms with Gasteiger partial charge in [-0.05, 0) is 58.0 Å². The fourth-order valence-electron chi connectivity index (χ4n) is 3.27. The first-order valence-electron chi connectivity index (χ1n) is 7.29. The van der Waals surface area contributed by atoms with Gasteiger partial charge in [0.15, 0.2) is 0 Å². The van der Waals surface area contributed by atoms with Gasteiger partial charge in [0.2, 0.25) is 0 Å². The molecule has 3 unspecified atom stereocenters. The molecular formula is C14H28N2O. The summed E-state index contributed by atoms with van der Waals surface area (Å²) in [6.07, 6.45) is 6.19. The van der Waals surface area contributed by atoms with Crippen LogP contribution in [-0.2, 0) is 0 Å². The second-order valence-corrected chi connectivity index (χ2v) is 6.19. The monoisotopic (exact) mass is 240 g/mol. The number of β-amino-alcohol motifs (C(OH)–C–C–N with tert-alkyl or cyclic N) is 1. The second-order valence-electron chi connectivity index (χ2n) is 6.19. The van der Waals surface area contributed by atoms with Crippen molar-refractivity contribution in [2.24, 2.45) is 5.92 Å². The van der Waals surface area contributed by atoms with Gasteiger partial charge < -0.3 is 15.3 Å². The highest BCUT2D eigenvalue weighted by Gasteiger charge is 2.31. The van der Waals surface area contributed by atoms with E-state index < -0.39 is 5.60 Å². The Kier molecular flexibility index (Phi) is 4.45. The number of likely N-dealkylation sites (tertiary alicyclic amines) is 1. The Morgan fingerprint density at radius 1 is 1.35 bits per heavy atom. The van der Waals surface area contributed by atoms with Gasteiger partial charge in [0, 0.05) is 19.1 Å². The number of hydrogen-bond acceptors (Lipinski definition) is 3. The predicted molar refractivity (Wildman–Crippen MR) is 71.1 cm³/mol. The summed E-state index contributed by atoms with van der Waals surface area (Å²) in [6.45, 7) is 8.41. The molecule has 17 heavy (non-hydrogen) atoms. The minimum absolute atomic E-state index is 0.509. The van der Waals surface area contributed by atoms with E-state index >= 15 is 0 Å². The fourth-order valence-corrected chi connectivity index (χ4v) is 3.27. The fraction of sp³-hybridized carbons (Fsp3) is 1.00. The van der Waals surface area contributed by atoms with Crippen LogP contribution in [0.3, 0.4) is 0 Å². The molecule has 0 radical (unpaired) electrons. The van der Waals surface area contributed by atoms with Crippen LogP contribution in [0, 0.1) is 5.92 Å². The molecule has 2 fully saturated rings. The van der Waals surface area contributed by atoms with E-state index in [2.05, 4.69) is 17.1 Å². The van der Waals surface area contributed by atoms with Gasteiger partial charge in [-0.3, -0.25) is 0 Å². The number of nitrogens with zero attached hydrogens (tertiary/aromatic N) is 1. The number of nitrogens with one attached hydrogen (secondary N) is 1. The van der Waals surface area contributed by atoms with E-state index in [9.17, 15) is 5.11 Å². The van der Waals surface area contributed by atoms with E-state index in [-0.39, 0.29) is 0 Å². The Labute approximate surface area is 106 Å². The summed E-state index contributed by atoms with van der Waals surface area (Å²) in [4.78, 5) is 2.47. The van der Waals surface area contributed by atoms with Crippen LogP contribution < -0.4 is 5.32 Å². The zero-order valence-corrected chi connectivity index (χ0v) is 11.4. The largest absolute Gasteiger partial charge is 0.389 e. The molecule has 0 spiro atoms. The lowest BCUT2D eigenvalue weighted by atomic mass is 9.89. The average molecular weight is 240 g/mol. The molecule has 2 aliphatic heterocycles. The van der Waals surface area contributed by atoms with Crippen LogP contribution in [-0.4, -0.2) is 47.8 Å². The highest BCUT2D eigenvalue weighted by atomic mass is 16.3. The van der Waals surface area contributed by atoms with Gasteiger partial charge in [0.1, 0.15) is 0 Å². The summed E-state index contributed by atoms with van der Waals surface area (Å²) < 4.78 is 0. The maximum absolute atomic E-state index is 10.2. The predicted octanol–water partition coefficient (Wildman–Crippen LogP) is 1.61. The van der Waals surface area contributed by atoms with Crippen molar-refractivity contribution in [2.75, 3.05) is 26.2 Å². The Morgan fingerprint density at radius 3 is 2.82 bits per heavy atom. The van der Waals surface area contributed by atoms with Crippen molar-refractivity contribution in [3.63, 3.8) is 0 Å². The van der Waals surface area contributed by atoms with E-state index in [1.165, 1.54) is 45.3 Å². The molecule has 0 bridgehead atoms. The first-order chi connectivity index (χ1) is 8.11. The maximum atomic E-state index is 10.2. The number of rotatable bonds is 4. The minimum atomic E-state index is -0.509. The second kappa shape index (κ2) is 5.68. The van der Waals surface area contributed by atoms with Crippen LogP contribution in [0.25, 0.3) is 0 Å². The zero-order valence-electron chi connectivity index (χ0n) is 11.4. The molecule has 2 rings (SSSR count). The first-order valence-corrected chi connectivity index (χ1v) is 7.29. The van der Waals surface area contributed by atoms with E-state index in [4.69, 9.17) is 0 Å². The summed E-state index contributed by atoms with van der Waals surface area (Å²) in [5.41, 5.74) is -0.509. The molecule has 0 aromatic rings. The van der Waals surface area contributed by atoms with Crippen molar-refractivity contribution in [3.05, 3.63) is 0 Å². The van der Waals surface area contributed by atoms with Gasteiger partial charge in [-0.25, -0.2) is 0 Å². The van der Waals surface area contributed by atoms with Crippen LogP contribution in [0.2, 0.25) is 0 Å². The van der Waals surface area contributed by atoms with Crippen molar-refractivity contribution >= 4 is 0 Å². The molecule has 3 heteroatoms. The molecule has 0 aromatic heterocycles. The molecule has 0 saturated carbocycles. The van der Waals surface area contributed by atoms with Gasteiger partial charge in [-0.2, -0.15) is 0 Å². The van der Waals surface area contributed by atoms with Crippen molar-refractivity contribution < 1.29 is 5.11 Å². The van der Waals surface area contributed by atoms with Gasteiger partial charge >= 0.3 is 0 Å². The molecule has 0 aromatic carbocycles. The van der Waals surface area contributed by atoms with Gasteiger partial charge in [0.05, 0.1) is 5.60 Å². The Balaban J connectivity index is 1.84. The van der Waals surface area contributed by atoms with Crippen LogP contribution in [0.4, 0.5) is 0 Å². The van der Waals surface area contributed by atoms with Crippen LogP contribution in [0.5, 0.6) is 0 Å². The quantitative estimate of drug-likeness (QED) is 0.784. The lowest BCUT2D eigenvalue weighted by Gasteiger charge is -2.39. The number of hydrogen-bond donors (Lipinski definition) is 2. The topological polar surface area (TPSA) is 35.5 Å². The molecule has 2 N–H and O–H groups in total. The molecule has 0 aliphatic carbocycles. The molecule has 100 valence electrons. The Bertz CT molecular complexity index is 236. The molecule has 3 atom stereocenters. The molecule has 3 nitrogen and oxygen atoms in total. The van der Waals surface area contributed by atoms with E-state index in [0.717, 1.165) is 24.9 Å². The van der Waals surface area contributed by atoms with Gasteiger partial charge in [0.25, 0.3) is 0 Å². The lowest BCUT2D eigenvalue weighted by Crippen LogP contribution is -2.48. The smallest absolute Gasteiger partial charge is 0.0743 e. The number of piperidine rings is 1. The number of aliphatic hydroxyl groups is 1. The van der Waals surface area contributed by atoms with E-state index in [0.29, 0.717) is 0 Å². The zero-order chi connectivity index (χ0) is 12.3. The third-order valence-electron chi connectivity index (χ3n) is 4.54. The Morgan fingerprint density at radius 2 is 2.18 bits per heavy atom. The van der Waals surface area contributed by atoms with Crippen LogP contribution >= 0.6 is 0 Å². The van der Waals surface area contributed by atoms with Crippen molar-refractivity contribution in [1.82, 2.24) is 10.2 Å². The normalized spacial score (nSPS) is 34.8. The van der Waals surface area contributed by atoms with Gasteiger partial charge in [-0.15, -0.1) is 0 Å². The SMILES string of the molecule is CCC(C)(O)CN1CCCC(C2CCCN2)C1. The van der Waals surface area contributed by atoms with Crippen LogP contribution in [0.1, 0.15) is 46.0 Å². The summed E-state index contributed by atoms with van der Waals surface area (Å²) >= 11 is 0. The minimum Gasteiger partial charge on any atom is -0.389 e. The molecule has 2 saturated heterocycles. The molecular weight excluding hydrogens is 212 g/mol. The summed E-state index contributed by atoms with van der Waals surface area (Å²) in [5.74, 6) is 0.805. The average Bonchev–Trinajstić information content (AvgIpc) is 2.82. The van der Waals surface area contributed by atoms with E-state index in [1.54, 1.807) is 0 Å². The molecule has 2 heterocycles. The third-order valence-corrected chi connectivity index (χ3v) is 4.54. The highest BCUT2D eigenvalue weighted by molar-refractivity contribution is 4.88. The van der Waals surface area contributed by atoms with Crippen molar-refractivity contribution in [3.8, 4) is 0 Å². The van der Waals surface area contributed by atoms with Crippen molar-refractivity contribution in [2.45, 2.75) is 57.6 Å². The lowest BCUT2D eigenvalue weighted by molar-refractivity contribution is 0.00166. The van der Waals surface area contributed by atoms with Crippen LogP contribution in [0.15, 0.2) is 0 Å². The molecule has 2 aliphatic rings. The maximum Gasteiger partial charge on any atom is 0.0743 e. The molecule has 0 amide bonds. The summed E-state index contributed by atoms with van der Waals surface area (Å²) in [5, 5.41) is 13.8. The Hall–Kier alpha value is -0.120. The summed E-state index contributed by atoms with van der Waals surface area (Å²) in [7, 11) is 0. The standard InChI is InChI=1S/C14H28N2O/c1-3-14(2,17)11-16-9-5-6-12(10-16)13-7-4-8-15-13/h12-13,15,17H,3-11H2,1-2H3. The van der Waals surface area contributed by atoms with E-state index in [1.807, 2.05) is 6.92 Å².